The summed E-state index contributed by atoms with van der Waals surface area (Å²) >= 11 is 0. The van der Waals surface area contributed by atoms with Gasteiger partial charge in [-0.05, 0) is 30.2 Å². The van der Waals surface area contributed by atoms with Gasteiger partial charge in [0, 0.05) is 38.0 Å². The van der Waals surface area contributed by atoms with Crippen LogP contribution in [0, 0.1) is 0 Å². The van der Waals surface area contributed by atoms with Crippen LogP contribution in [0.25, 0.3) is 6.08 Å². The van der Waals surface area contributed by atoms with E-state index in [1.54, 1.807) is 35.2 Å². The number of nitrogens with one attached hydrogen (secondary N) is 2. The number of ether oxygens (including phenoxy) is 1. The van der Waals surface area contributed by atoms with Gasteiger partial charge in [-0.2, -0.15) is 4.31 Å². The van der Waals surface area contributed by atoms with Gasteiger partial charge < -0.3 is 15.0 Å². The summed E-state index contributed by atoms with van der Waals surface area (Å²) in [4.78, 5) is 14.1. The topological polar surface area (TPSA) is 80.2 Å². The summed E-state index contributed by atoms with van der Waals surface area (Å²) in [5.74, 6) is -0.0982. The van der Waals surface area contributed by atoms with Crippen molar-refractivity contribution in [2.24, 2.45) is 0 Å². The number of hydrogen-bond acceptors (Lipinski definition) is 4. The minimum absolute atomic E-state index is 0.0982. The highest BCUT2D eigenvalue weighted by molar-refractivity contribution is 7.89. The number of piperidine rings is 1. The minimum Gasteiger partial charge on any atom is -0.379 e. The zero-order valence-electron chi connectivity index (χ0n) is 17.1. The first-order valence-corrected chi connectivity index (χ1v) is 11.9. The highest BCUT2D eigenvalue weighted by Crippen LogP contribution is 2.18. The number of carbonyl (C=O) groups is 1. The largest absolute Gasteiger partial charge is 0.379 e. The van der Waals surface area contributed by atoms with Crippen molar-refractivity contribution in [3.05, 3.63) is 35.9 Å². The van der Waals surface area contributed by atoms with E-state index in [0.717, 1.165) is 31.5 Å². The molecule has 160 valence electrons. The lowest BCUT2D eigenvalue weighted by Gasteiger charge is -2.29. The minimum atomic E-state index is -3.49. The van der Waals surface area contributed by atoms with Crippen molar-refractivity contribution in [3.8, 4) is 0 Å². The summed E-state index contributed by atoms with van der Waals surface area (Å²) in [5.41, 5.74) is 0.795. The summed E-state index contributed by atoms with van der Waals surface area (Å²) in [6.45, 7) is 7.24. The molecule has 8 heteroatoms. The Labute approximate surface area is 173 Å². The van der Waals surface area contributed by atoms with Gasteiger partial charge in [-0.25, -0.2) is 8.42 Å². The van der Waals surface area contributed by atoms with Crippen molar-refractivity contribution in [2.75, 3.05) is 45.9 Å². The molecule has 0 atom stereocenters. The zero-order valence-corrected chi connectivity index (χ0v) is 17.9. The van der Waals surface area contributed by atoms with E-state index in [2.05, 4.69) is 12.2 Å². The molecule has 0 unspecified atom stereocenters. The van der Waals surface area contributed by atoms with Crippen LogP contribution in [0.5, 0.6) is 0 Å². The number of benzene rings is 1. The van der Waals surface area contributed by atoms with Crippen LogP contribution in [0.4, 0.5) is 0 Å². The third kappa shape index (κ3) is 6.12. The van der Waals surface area contributed by atoms with E-state index in [-0.39, 0.29) is 16.8 Å². The number of sulfonamides is 1. The second kappa shape index (κ2) is 10.3. The Hall–Kier alpha value is -1.74. The highest BCUT2D eigenvalue weighted by Gasteiger charge is 2.26. The number of morpholine rings is 1. The predicted molar refractivity (Wildman–Crippen MR) is 112 cm³/mol. The Morgan fingerprint density at radius 2 is 1.86 bits per heavy atom. The smallest absolute Gasteiger partial charge is 0.244 e. The number of nitrogens with zero attached hydrogens (tertiary/aromatic N) is 1. The second-order valence-corrected chi connectivity index (χ2v) is 9.64. The summed E-state index contributed by atoms with van der Waals surface area (Å²) in [6, 6.07) is 6.88. The predicted octanol–water partition coefficient (Wildman–Crippen LogP) is 0.294. The Balaban J connectivity index is 1.51. The molecule has 0 saturated carbocycles. The number of likely N-dealkylation sites (tertiary alicyclic amines) is 1. The molecule has 2 N–H and O–H groups in total. The van der Waals surface area contributed by atoms with Crippen LogP contribution < -0.4 is 10.2 Å². The Kier molecular flexibility index (Phi) is 7.83. The molecule has 0 bridgehead atoms. The van der Waals surface area contributed by atoms with Gasteiger partial charge >= 0.3 is 0 Å². The maximum atomic E-state index is 12.6. The van der Waals surface area contributed by atoms with Crippen molar-refractivity contribution in [1.29, 1.82) is 0 Å². The van der Waals surface area contributed by atoms with Gasteiger partial charge in [0.05, 0.1) is 37.7 Å². The number of hydrogen-bond donors (Lipinski definition) is 2. The van der Waals surface area contributed by atoms with Crippen LogP contribution in [0.1, 0.15) is 31.7 Å². The second-order valence-electron chi connectivity index (χ2n) is 7.70. The molecule has 2 saturated heterocycles. The average molecular weight is 423 g/mol. The molecule has 2 aliphatic heterocycles. The SMILES string of the molecule is CCC[NH+]1CCC(NC(=O)/C=C/c2ccc(S(=O)(=O)N3CCOCC3)cc2)CC1. The fourth-order valence-electron chi connectivity index (χ4n) is 3.88. The standard InChI is InChI=1S/C21H31N3O4S/c1-2-11-23-12-9-19(10-13-23)22-21(25)8-5-18-3-6-20(7-4-18)29(26,27)24-14-16-28-17-15-24/h3-8,19H,2,9-17H2,1H3,(H,22,25)/p+1/b8-5+. The molecule has 1 amide bonds. The first-order valence-electron chi connectivity index (χ1n) is 10.5. The van der Waals surface area contributed by atoms with Crippen molar-refractivity contribution in [3.63, 3.8) is 0 Å². The lowest BCUT2D eigenvalue weighted by Crippen LogP contribution is -3.13. The van der Waals surface area contributed by atoms with Gasteiger partial charge in [-0.3, -0.25) is 4.79 Å². The maximum Gasteiger partial charge on any atom is 0.244 e. The number of rotatable bonds is 7. The molecule has 0 radical (unpaired) electrons. The van der Waals surface area contributed by atoms with Crippen LogP contribution in [-0.4, -0.2) is 70.6 Å². The van der Waals surface area contributed by atoms with E-state index < -0.39 is 10.0 Å². The highest BCUT2D eigenvalue weighted by atomic mass is 32.2. The van der Waals surface area contributed by atoms with Crippen LogP contribution in [0.15, 0.2) is 35.2 Å². The molecule has 3 rings (SSSR count). The van der Waals surface area contributed by atoms with Gasteiger partial charge in [0.15, 0.2) is 0 Å². The summed E-state index contributed by atoms with van der Waals surface area (Å²) in [5, 5.41) is 3.08. The lowest BCUT2D eigenvalue weighted by molar-refractivity contribution is -0.905. The van der Waals surface area contributed by atoms with Crippen molar-refractivity contribution < 1.29 is 22.8 Å². The Bertz CT molecular complexity index is 794. The molecule has 0 aliphatic carbocycles. The number of quaternary nitrogens is 1. The van der Waals surface area contributed by atoms with Gasteiger partial charge in [0.2, 0.25) is 15.9 Å². The molecule has 0 spiro atoms. The zero-order chi connectivity index (χ0) is 20.7. The quantitative estimate of drug-likeness (QED) is 0.619. The van der Waals surface area contributed by atoms with Gasteiger partial charge in [-0.15, -0.1) is 0 Å². The molecule has 2 fully saturated rings. The van der Waals surface area contributed by atoms with Gasteiger partial charge in [0.25, 0.3) is 0 Å². The maximum absolute atomic E-state index is 12.6. The third-order valence-electron chi connectivity index (χ3n) is 5.56. The molecular weight excluding hydrogens is 390 g/mol. The Morgan fingerprint density at radius 1 is 1.21 bits per heavy atom. The van der Waals surface area contributed by atoms with E-state index in [1.165, 1.54) is 23.3 Å². The van der Waals surface area contributed by atoms with Crippen LogP contribution >= 0.6 is 0 Å². The summed E-state index contributed by atoms with van der Waals surface area (Å²) < 4.78 is 31.9. The van der Waals surface area contributed by atoms with Gasteiger partial charge in [0.1, 0.15) is 0 Å². The summed E-state index contributed by atoms with van der Waals surface area (Å²) in [6.07, 6.45) is 6.47. The molecule has 7 nitrogen and oxygen atoms in total. The molecule has 1 aromatic carbocycles. The molecule has 0 aromatic heterocycles. The fraction of sp³-hybridized carbons (Fsp3) is 0.571. The van der Waals surface area contributed by atoms with E-state index in [0.29, 0.717) is 26.3 Å². The monoisotopic (exact) mass is 422 g/mol. The molecule has 2 heterocycles. The number of carbonyl (C=O) groups excluding carboxylic acids is 1. The Morgan fingerprint density at radius 3 is 2.48 bits per heavy atom. The van der Waals surface area contributed by atoms with Crippen molar-refractivity contribution in [1.82, 2.24) is 9.62 Å². The van der Waals surface area contributed by atoms with E-state index in [4.69, 9.17) is 4.74 Å². The van der Waals surface area contributed by atoms with Crippen LogP contribution in [0.2, 0.25) is 0 Å². The van der Waals surface area contributed by atoms with Crippen LogP contribution in [-0.2, 0) is 19.6 Å². The van der Waals surface area contributed by atoms with Gasteiger partial charge in [-0.1, -0.05) is 19.1 Å². The van der Waals surface area contributed by atoms with Crippen molar-refractivity contribution >= 4 is 22.0 Å². The molecular formula is C21H32N3O4S+. The van der Waals surface area contributed by atoms with E-state index >= 15 is 0 Å². The van der Waals surface area contributed by atoms with Crippen molar-refractivity contribution in [2.45, 2.75) is 37.1 Å². The number of amides is 1. The fourth-order valence-corrected chi connectivity index (χ4v) is 5.29. The molecule has 29 heavy (non-hydrogen) atoms. The normalized spacial score (nSPS) is 23.9. The summed E-state index contributed by atoms with van der Waals surface area (Å²) in [7, 11) is -3.49. The molecule has 1 aromatic rings. The van der Waals surface area contributed by atoms with E-state index in [1.807, 2.05) is 0 Å². The average Bonchev–Trinajstić information content (AvgIpc) is 2.75. The third-order valence-corrected chi connectivity index (χ3v) is 7.47. The first-order chi connectivity index (χ1) is 14.0. The molecule has 2 aliphatic rings. The van der Waals surface area contributed by atoms with E-state index in [9.17, 15) is 13.2 Å². The van der Waals surface area contributed by atoms with Crippen LogP contribution in [0.3, 0.4) is 0 Å². The lowest BCUT2D eigenvalue weighted by atomic mass is 10.0. The first kappa shape index (κ1) is 22.0.